The zero-order chi connectivity index (χ0) is 26.0. The van der Waals surface area contributed by atoms with Crippen LogP contribution in [0.1, 0.15) is 30.9 Å². The number of hydrogen-bond donors (Lipinski definition) is 1. The lowest BCUT2D eigenvalue weighted by atomic mass is 9.94. The highest BCUT2D eigenvalue weighted by Gasteiger charge is 2.33. The summed E-state index contributed by atoms with van der Waals surface area (Å²) in [5.74, 6) is 0.812. The molecule has 3 heterocycles. The number of nitrogens with one attached hydrogen (secondary N) is 1. The van der Waals surface area contributed by atoms with Gasteiger partial charge in [0.05, 0.1) is 29.1 Å². The van der Waals surface area contributed by atoms with Crippen molar-refractivity contribution >= 4 is 39.1 Å². The molecule has 0 saturated carbocycles. The van der Waals surface area contributed by atoms with Gasteiger partial charge in [0.25, 0.3) is 5.69 Å². The van der Waals surface area contributed by atoms with Crippen molar-refractivity contribution in [3.8, 4) is 0 Å². The molecule has 0 aromatic heterocycles. The third-order valence-corrected chi connectivity index (χ3v) is 10.3. The molecule has 1 atom stereocenters. The second-order valence-corrected chi connectivity index (χ2v) is 12.5. The van der Waals surface area contributed by atoms with E-state index >= 15 is 0 Å². The van der Waals surface area contributed by atoms with Crippen molar-refractivity contribution in [3.05, 3.63) is 58.1 Å². The maximum atomic E-state index is 13.1. The van der Waals surface area contributed by atoms with Gasteiger partial charge in [-0.1, -0.05) is 18.2 Å². The average molecular weight is 547 g/mol. The molecular weight excluding hydrogens is 516 g/mol. The van der Waals surface area contributed by atoms with Crippen LogP contribution in [0.3, 0.4) is 0 Å². The molecule has 2 aromatic rings. The van der Waals surface area contributed by atoms with Gasteiger partial charge in [-0.05, 0) is 43.0 Å². The fraction of sp³-hybridized carbons (Fsp3) is 0.480. The van der Waals surface area contributed by atoms with Gasteiger partial charge in [-0.15, -0.1) is 11.8 Å². The summed E-state index contributed by atoms with van der Waals surface area (Å²) in [7, 11) is -3.85. The molecule has 3 aliphatic rings. The van der Waals surface area contributed by atoms with E-state index in [0.29, 0.717) is 44.8 Å². The van der Waals surface area contributed by atoms with Crippen molar-refractivity contribution in [1.82, 2.24) is 9.62 Å². The van der Waals surface area contributed by atoms with Crippen LogP contribution in [0, 0.1) is 16.0 Å². The molecule has 10 nitrogen and oxygen atoms in total. The van der Waals surface area contributed by atoms with Crippen molar-refractivity contribution in [2.75, 3.05) is 50.0 Å². The molecule has 1 amide bonds. The number of amides is 1. The van der Waals surface area contributed by atoms with Crippen LogP contribution >= 0.6 is 11.8 Å². The second kappa shape index (κ2) is 11.0. The van der Waals surface area contributed by atoms with E-state index in [1.807, 2.05) is 28.8 Å². The van der Waals surface area contributed by atoms with Crippen LogP contribution in [0.4, 0.5) is 11.4 Å². The number of carbonyl (C=O) groups excluding carboxylic acids is 1. The SMILES string of the molecule is O=C(NC1CCSc2ccccc21)C1CCN(c2ccc(S(=O)(=O)N3CCOCC3)cc2[N+](=O)[O-])CC1. The molecule has 2 saturated heterocycles. The van der Waals surface area contributed by atoms with E-state index in [-0.39, 0.29) is 41.5 Å². The number of fused-ring (bicyclic) bond motifs is 1. The third kappa shape index (κ3) is 5.47. The number of rotatable bonds is 6. The third-order valence-electron chi connectivity index (χ3n) is 7.23. The molecule has 2 fully saturated rings. The van der Waals surface area contributed by atoms with Crippen LogP contribution in [0.5, 0.6) is 0 Å². The molecule has 12 heteroatoms. The van der Waals surface area contributed by atoms with Gasteiger partial charge in [-0.3, -0.25) is 14.9 Å². The number of piperidine rings is 1. The van der Waals surface area contributed by atoms with E-state index in [1.165, 1.54) is 21.3 Å². The topological polar surface area (TPSA) is 122 Å². The van der Waals surface area contributed by atoms with Gasteiger partial charge >= 0.3 is 0 Å². The van der Waals surface area contributed by atoms with Crippen molar-refractivity contribution < 1.29 is 22.9 Å². The van der Waals surface area contributed by atoms with E-state index in [9.17, 15) is 23.3 Å². The normalized spacial score (nSPS) is 21.3. The monoisotopic (exact) mass is 546 g/mol. The molecule has 0 bridgehead atoms. The van der Waals surface area contributed by atoms with Gasteiger partial charge in [0, 0.05) is 48.8 Å². The predicted octanol–water partition coefficient (Wildman–Crippen LogP) is 3.19. The summed E-state index contributed by atoms with van der Waals surface area (Å²) in [6, 6.07) is 12.3. The van der Waals surface area contributed by atoms with Crippen LogP contribution in [0.15, 0.2) is 52.3 Å². The number of hydrogen-bond acceptors (Lipinski definition) is 8. The quantitative estimate of drug-likeness (QED) is 0.433. The molecule has 0 radical (unpaired) electrons. The molecule has 0 aliphatic carbocycles. The molecule has 198 valence electrons. The Hall–Kier alpha value is -2.67. The first-order valence-corrected chi connectivity index (χ1v) is 14.9. The lowest BCUT2D eigenvalue weighted by Crippen LogP contribution is -2.42. The van der Waals surface area contributed by atoms with E-state index in [0.717, 1.165) is 23.8 Å². The molecule has 1 N–H and O–H groups in total. The Morgan fingerprint density at radius 2 is 1.78 bits per heavy atom. The first kappa shape index (κ1) is 26.0. The zero-order valence-electron chi connectivity index (χ0n) is 20.4. The Bertz CT molecular complexity index is 1270. The van der Waals surface area contributed by atoms with Gasteiger partial charge in [-0.2, -0.15) is 4.31 Å². The van der Waals surface area contributed by atoms with Crippen molar-refractivity contribution in [3.63, 3.8) is 0 Å². The number of benzene rings is 2. The van der Waals surface area contributed by atoms with Crippen LogP contribution in [0.25, 0.3) is 0 Å². The summed E-state index contributed by atoms with van der Waals surface area (Å²) < 4.78 is 32.5. The fourth-order valence-electron chi connectivity index (χ4n) is 5.18. The Balaban J connectivity index is 1.26. The summed E-state index contributed by atoms with van der Waals surface area (Å²) in [5, 5.41) is 15.1. The Morgan fingerprint density at radius 1 is 1.05 bits per heavy atom. The van der Waals surface area contributed by atoms with Gasteiger partial charge in [0.2, 0.25) is 15.9 Å². The van der Waals surface area contributed by atoms with Crippen molar-refractivity contribution in [2.45, 2.75) is 35.1 Å². The highest BCUT2D eigenvalue weighted by molar-refractivity contribution is 7.99. The average Bonchev–Trinajstić information content (AvgIpc) is 2.93. The molecule has 0 spiro atoms. The maximum absolute atomic E-state index is 13.1. The molecular formula is C25H30N4O6S2. The van der Waals surface area contributed by atoms with E-state index < -0.39 is 14.9 Å². The Morgan fingerprint density at radius 3 is 2.51 bits per heavy atom. The maximum Gasteiger partial charge on any atom is 0.293 e. The smallest absolute Gasteiger partial charge is 0.293 e. The minimum absolute atomic E-state index is 0.00465. The number of nitro groups is 1. The minimum atomic E-state index is -3.85. The zero-order valence-corrected chi connectivity index (χ0v) is 22.0. The number of carbonyl (C=O) groups is 1. The molecule has 37 heavy (non-hydrogen) atoms. The highest BCUT2D eigenvalue weighted by atomic mass is 32.2. The highest BCUT2D eigenvalue weighted by Crippen LogP contribution is 2.37. The number of thioether (sulfide) groups is 1. The van der Waals surface area contributed by atoms with Crippen molar-refractivity contribution in [1.29, 1.82) is 0 Å². The van der Waals surface area contributed by atoms with Crippen molar-refractivity contribution in [2.24, 2.45) is 5.92 Å². The largest absolute Gasteiger partial charge is 0.379 e. The number of nitro benzene ring substituents is 1. The summed E-state index contributed by atoms with van der Waals surface area (Å²) >= 11 is 1.81. The summed E-state index contributed by atoms with van der Waals surface area (Å²) in [6.07, 6.45) is 2.03. The summed E-state index contributed by atoms with van der Waals surface area (Å²) in [5.41, 5.74) is 1.30. The van der Waals surface area contributed by atoms with Crippen LogP contribution in [-0.2, 0) is 19.6 Å². The number of anilines is 1. The van der Waals surface area contributed by atoms with E-state index in [2.05, 4.69) is 17.4 Å². The second-order valence-electron chi connectivity index (χ2n) is 9.42. The van der Waals surface area contributed by atoms with E-state index in [4.69, 9.17) is 4.74 Å². The van der Waals surface area contributed by atoms with E-state index in [1.54, 1.807) is 0 Å². The molecule has 5 rings (SSSR count). The predicted molar refractivity (Wildman–Crippen MR) is 140 cm³/mol. The Kier molecular flexibility index (Phi) is 7.70. The number of nitrogens with zero attached hydrogens (tertiary/aromatic N) is 3. The first-order valence-electron chi connectivity index (χ1n) is 12.5. The lowest BCUT2D eigenvalue weighted by molar-refractivity contribution is -0.384. The van der Waals surface area contributed by atoms with Crippen LogP contribution in [0.2, 0.25) is 0 Å². The molecule has 1 unspecified atom stereocenters. The van der Waals surface area contributed by atoms with Gasteiger partial charge in [-0.25, -0.2) is 8.42 Å². The number of sulfonamides is 1. The lowest BCUT2D eigenvalue weighted by Gasteiger charge is -2.34. The number of morpholine rings is 1. The molecule has 3 aliphatic heterocycles. The summed E-state index contributed by atoms with van der Waals surface area (Å²) in [4.78, 5) is 27.4. The molecule has 2 aromatic carbocycles. The Labute approximate surface area is 220 Å². The fourth-order valence-corrected chi connectivity index (χ4v) is 7.73. The summed E-state index contributed by atoms with van der Waals surface area (Å²) in [6.45, 7) is 2.00. The standard InChI is InChI=1S/C25H30N4O6S2/c30-25(26-21-9-16-36-24-4-2-1-3-20(21)24)18-7-10-27(11-8-18)22-6-5-19(17-23(22)29(31)32)37(33,34)28-12-14-35-15-13-28/h1-6,17-18,21H,7-16H2,(H,26,30). The minimum Gasteiger partial charge on any atom is -0.379 e. The van der Waals surface area contributed by atoms with Gasteiger partial charge in [0.15, 0.2) is 0 Å². The first-order chi connectivity index (χ1) is 17.8. The van der Waals surface area contributed by atoms with Gasteiger partial charge in [0.1, 0.15) is 5.69 Å². The van der Waals surface area contributed by atoms with Crippen LogP contribution in [-0.4, -0.2) is 68.7 Å². The van der Waals surface area contributed by atoms with Gasteiger partial charge < -0.3 is 15.0 Å². The number of ether oxygens (including phenoxy) is 1. The van der Waals surface area contributed by atoms with Crippen LogP contribution < -0.4 is 10.2 Å².